The minimum Gasteiger partial charge on any atom is -0.381 e. The smallest absolute Gasteiger partial charge is 0.234 e. The summed E-state index contributed by atoms with van der Waals surface area (Å²) in [5, 5.41) is 6.37. The van der Waals surface area contributed by atoms with Gasteiger partial charge >= 0.3 is 0 Å². The second kappa shape index (κ2) is 7.82. The van der Waals surface area contributed by atoms with Gasteiger partial charge in [0.25, 0.3) is 0 Å². The summed E-state index contributed by atoms with van der Waals surface area (Å²) in [5.74, 6) is 0.957. The predicted molar refractivity (Wildman–Crippen MR) is 75.1 cm³/mol. The molecule has 0 saturated carbocycles. The van der Waals surface area contributed by atoms with E-state index in [1.54, 1.807) is 0 Å². The summed E-state index contributed by atoms with van der Waals surface area (Å²) in [5.41, 5.74) is 0. The van der Waals surface area contributed by atoms with E-state index in [0.29, 0.717) is 12.6 Å². The highest BCUT2D eigenvalue weighted by Crippen LogP contribution is 2.16. The first-order chi connectivity index (χ1) is 9.28. The molecule has 2 fully saturated rings. The molecule has 19 heavy (non-hydrogen) atoms. The maximum atomic E-state index is 12.0. The molecule has 0 aliphatic carbocycles. The first-order valence-electron chi connectivity index (χ1n) is 7.52. The lowest BCUT2D eigenvalue weighted by Crippen LogP contribution is -2.46. The summed E-state index contributed by atoms with van der Waals surface area (Å²) >= 11 is 0. The Morgan fingerprint density at radius 3 is 2.53 bits per heavy atom. The third-order valence-corrected chi connectivity index (χ3v) is 4.15. The number of nitrogens with one attached hydrogen (secondary N) is 2. The van der Waals surface area contributed by atoms with Crippen molar-refractivity contribution in [1.82, 2.24) is 15.5 Å². The van der Waals surface area contributed by atoms with E-state index in [4.69, 9.17) is 4.74 Å². The Morgan fingerprint density at radius 1 is 1.21 bits per heavy atom. The van der Waals surface area contributed by atoms with Crippen molar-refractivity contribution in [2.24, 2.45) is 5.92 Å². The van der Waals surface area contributed by atoms with Crippen LogP contribution in [-0.4, -0.2) is 63.3 Å². The van der Waals surface area contributed by atoms with Crippen molar-refractivity contribution in [1.29, 1.82) is 0 Å². The minimum absolute atomic E-state index is 0.180. The van der Waals surface area contributed by atoms with Gasteiger partial charge in [0.2, 0.25) is 5.91 Å². The van der Waals surface area contributed by atoms with Crippen LogP contribution in [0.1, 0.15) is 25.7 Å². The van der Waals surface area contributed by atoms with E-state index in [0.717, 1.165) is 51.6 Å². The number of ether oxygens (including phenoxy) is 1. The molecule has 0 spiro atoms. The number of carbonyl (C=O) groups is 1. The van der Waals surface area contributed by atoms with Crippen LogP contribution in [-0.2, 0) is 9.53 Å². The van der Waals surface area contributed by atoms with Gasteiger partial charge in [-0.05, 0) is 58.3 Å². The SMILES string of the molecule is CNCC1CCN(CC(=O)NC2CCOCC2)CC1. The molecule has 0 unspecified atom stereocenters. The highest BCUT2D eigenvalue weighted by molar-refractivity contribution is 5.78. The second-order valence-electron chi connectivity index (χ2n) is 5.73. The Hall–Kier alpha value is -0.650. The molecule has 1 amide bonds. The van der Waals surface area contributed by atoms with Gasteiger partial charge in [0.1, 0.15) is 0 Å². The summed E-state index contributed by atoms with van der Waals surface area (Å²) < 4.78 is 5.30. The lowest BCUT2D eigenvalue weighted by atomic mass is 9.97. The lowest BCUT2D eigenvalue weighted by molar-refractivity contribution is -0.123. The zero-order chi connectivity index (χ0) is 13.5. The van der Waals surface area contributed by atoms with E-state index < -0.39 is 0 Å². The van der Waals surface area contributed by atoms with Crippen molar-refractivity contribution in [2.45, 2.75) is 31.7 Å². The monoisotopic (exact) mass is 269 g/mol. The zero-order valence-corrected chi connectivity index (χ0v) is 12.0. The van der Waals surface area contributed by atoms with Crippen LogP contribution in [0.2, 0.25) is 0 Å². The molecule has 0 atom stereocenters. The average Bonchev–Trinajstić information content (AvgIpc) is 2.42. The van der Waals surface area contributed by atoms with Gasteiger partial charge in [-0.25, -0.2) is 0 Å². The zero-order valence-electron chi connectivity index (χ0n) is 12.0. The van der Waals surface area contributed by atoms with Crippen LogP contribution in [0.15, 0.2) is 0 Å². The molecular formula is C14H27N3O2. The van der Waals surface area contributed by atoms with Crippen molar-refractivity contribution in [3.05, 3.63) is 0 Å². The summed E-state index contributed by atoms with van der Waals surface area (Å²) in [4.78, 5) is 14.3. The van der Waals surface area contributed by atoms with E-state index in [1.807, 2.05) is 7.05 Å². The summed E-state index contributed by atoms with van der Waals surface area (Å²) in [6.45, 7) is 5.31. The van der Waals surface area contributed by atoms with Gasteiger partial charge in [0.15, 0.2) is 0 Å². The van der Waals surface area contributed by atoms with Crippen LogP contribution in [0, 0.1) is 5.92 Å². The van der Waals surface area contributed by atoms with E-state index in [2.05, 4.69) is 15.5 Å². The average molecular weight is 269 g/mol. The topological polar surface area (TPSA) is 53.6 Å². The Labute approximate surface area is 116 Å². The number of carbonyl (C=O) groups excluding carboxylic acids is 1. The van der Waals surface area contributed by atoms with Gasteiger partial charge in [-0.15, -0.1) is 0 Å². The molecule has 110 valence electrons. The van der Waals surface area contributed by atoms with Gasteiger partial charge in [-0.2, -0.15) is 0 Å². The molecule has 2 N–H and O–H groups in total. The van der Waals surface area contributed by atoms with Gasteiger partial charge in [-0.3, -0.25) is 9.69 Å². The molecule has 2 heterocycles. The van der Waals surface area contributed by atoms with E-state index in [1.165, 1.54) is 12.8 Å². The van der Waals surface area contributed by atoms with Crippen molar-refractivity contribution in [2.75, 3.05) is 46.4 Å². The van der Waals surface area contributed by atoms with Crippen molar-refractivity contribution < 1.29 is 9.53 Å². The highest BCUT2D eigenvalue weighted by Gasteiger charge is 2.22. The Morgan fingerprint density at radius 2 is 1.89 bits per heavy atom. The number of hydrogen-bond acceptors (Lipinski definition) is 4. The number of piperidine rings is 1. The van der Waals surface area contributed by atoms with Crippen LogP contribution in [0.4, 0.5) is 0 Å². The first kappa shape index (κ1) is 14.8. The normalized spacial score (nSPS) is 23.4. The Balaban J connectivity index is 1.63. The van der Waals surface area contributed by atoms with Crippen LogP contribution in [0.25, 0.3) is 0 Å². The highest BCUT2D eigenvalue weighted by atomic mass is 16.5. The maximum absolute atomic E-state index is 12.0. The van der Waals surface area contributed by atoms with E-state index >= 15 is 0 Å². The summed E-state index contributed by atoms with van der Waals surface area (Å²) in [7, 11) is 2.01. The molecule has 2 rings (SSSR count). The van der Waals surface area contributed by atoms with Gasteiger partial charge in [-0.1, -0.05) is 0 Å². The van der Waals surface area contributed by atoms with E-state index in [9.17, 15) is 4.79 Å². The van der Waals surface area contributed by atoms with E-state index in [-0.39, 0.29) is 5.91 Å². The lowest BCUT2D eigenvalue weighted by Gasteiger charge is -2.32. The number of nitrogens with zero attached hydrogens (tertiary/aromatic N) is 1. The predicted octanol–water partition coefficient (Wildman–Crippen LogP) is 0.213. The Bertz CT molecular complexity index is 272. The largest absolute Gasteiger partial charge is 0.381 e. The number of likely N-dealkylation sites (tertiary alicyclic amines) is 1. The number of hydrogen-bond donors (Lipinski definition) is 2. The first-order valence-corrected chi connectivity index (χ1v) is 7.52. The number of rotatable bonds is 5. The second-order valence-corrected chi connectivity index (χ2v) is 5.73. The molecule has 5 nitrogen and oxygen atoms in total. The van der Waals surface area contributed by atoms with Gasteiger partial charge in [0, 0.05) is 19.3 Å². The minimum atomic E-state index is 0.180. The van der Waals surface area contributed by atoms with Gasteiger partial charge < -0.3 is 15.4 Å². The molecule has 5 heteroatoms. The summed E-state index contributed by atoms with van der Waals surface area (Å²) in [6, 6.07) is 0.322. The van der Waals surface area contributed by atoms with Crippen LogP contribution >= 0.6 is 0 Å². The fourth-order valence-corrected chi connectivity index (χ4v) is 2.96. The van der Waals surface area contributed by atoms with Crippen molar-refractivity contribution in [3.63, 3.8) is 0 Å². The molecule has 2 aliphatic heterocycles. The molecule has 0 bridgehead atoms. The maximum Gasteiger partial charge on any atom is 0.234 e. The molecule has 0 radical (unpaired) electrons. The Kier molecular flexibility index (Phi) is 6.07. The molecule has 0 aromatic heterocycles. The fourth-order valence-electron chi connectivity index (χ4n) is 2.96. The molecule has 0 aromatic carbocycles. The fraction of sp³-hybridized carbons (Fsp3) is 0.929. The van der Waals surface area contributed by atoms with Crippen molar-refractivity contribution in [3.8, 4) is 0 Å². The molecular weight excluding hydrogens is 242 g/mol. The molecule has 2 aliphatic rings. The third-order valence-electron chi connectivity index (χ3n) is 4.15. The quantitative estimate of drug-likeness (QED) is 0.749. The van der Waals surface area contributed by atoms with Crippen LogP contribution < -0.4 is 10.6 Å². The van der Waals surface area contributed by atoms with Crippen LogP contribution in [0.5, 0.6) is 0 Å². The van der Waals surface area contributed by atoms with Crippen molar-refractivity contribution >= 4 is 5.91 Å². The third kappa shape index (κ3) is 5.09. The molecule has 0 aromatic rings. The molecule has 2 saturated heterocycles. The summed E-state index contributed by atoms with van der Waals surface area (Å²) in [6.07, 6.45) is 4.31. The standard InChI is InChI=1S/C14H27N3O2/c1-15-10-12-2-6-17(7-3-12)11-14(18)16-13-4-8-19-9-5-13/h12-13,15H,2-11H2,1H3,(H,16,18). The number of amides is 1. The van der Waals surface area contributed by atoms with Crippen LogP contribution in [0.3, 0.4) is 0 Å². The van der Waals surface area contributed by atoms with Gasteiger partial charge in [0.05, 0.1) is 6.54 Å².